The monoisotopic (exact) mass is 629 g/mol. The topological polar surface area (TPSA) is 88.1 Å². The standard InChI is InChI=1S/C34H51N3O4S2/c1-7-10-15-26(9-3)25-42-30-19-18-27(34(4,5)6)23-29(30)36-33(38)24-32-35-28-16-12-13-17-31(28)43(39,40)37(32)20-14-22-41-21-11-8-2/h12-13,16-19,23,26H,7-11,14-15,20-22,24-25H2,1-6H3,(H,36,38). The van der Waals surface area contributed by atoms with Crippen LogP contribution in [0.4, 0.5) is 11.4 Å². The maximum absolute atomic E-state index is 13.7. The SMILES string of the molecule is CCCCOCCCN1C(CC(=O)Nc2cc(C(C)(C)C)ccc2SCC(CC)CCCC)=Nc2ccccc2S1(=O)=O. The second kappa shape index (κ2) is 16.6. The lowest BCUT2D eigenvalue weighted by atomic mass is 9.87. The summed E-state index contributed by atoms with van der Waals surface area (Å²) in [7, 11) is -3.85. The molecule has 0 radical (unpaired) electrons. The Morgan fingerprint density at radius 3 is 2.44 bits per heavy atom. The van der Waals surface area contributed by atoms with Gasteiger partial charge in [0.15, 0.2) is 0 Å². The summed E-state index contributed by atoms with van der Waals surface area (Å²) in [6, 6.07) is 13.0. The summed E-state index contributed by atoms with van der Waals surface area (Å²) >= 11 is 1.78. The van der Waals surface area contributed by atoms with Crippen LogP contribution >= 0.6 is 11.8 Å². The molecule has 1 N–H and O–H groups in total. The molecule has 1 amide bonds. The van der Waals surface area contributed by atoms with Gasteiger partial charge in [0.05, 0.1) is 17.8 Å². The zero-order chi connectivity index (χ0) is 31.5. The van der Waals surface area contributed by atoms with E-state index in [-0.39, 0.29) is 35.0 Å². The van der Waals surface area contributed by atoms with Gasteiger partial charge in [-0.2, -0.15) is 0 Å². The van der Waals surface area contributed by atoms with Crippen molar-refractivity contribution in [3.05, 3.63) is 48.0 Å². The lowest BCUT2D eigenvalue weighted by Gasteiger charge is -2.30. The number of carbonyl (C=O) groups is 1. The zero-order valence-electron chi connectivity index (χ0n) is 26.9. The molecule has 0 aromatic heterocycles. The van der Waals surface area contributed by atoms with Gasteiger partial charge in [0.1, 0.15) is 10.7 Å². The Kier molecular flexibility index (Phi) is 13.6. The number of nitrogens with one attached hydrogen (secondary N) is 1. The van der Waals surface area contributed by atoms with Gasteiger partial charge in [0, 0.05) is 30.4 Å². The molecule has 7 nitrogen and oxygen atoms in total. The van der Waals surface area contributed by atoms with Crippen molar-refractivity contribution in [1.29, 1.82) is 0 Å². The number of hydrogen-bond donors (Lipinski definition) is 1. The van der Waals surface area contributed by atoms with Crippen LogP contribution in [0.3, 0.4) is 0 Å². The quantitative estimate of drug-likeness (QED) is 0.140. The van der Waals surface area contributed by atoms with Crippen molar-refractivity contribution in [3.8, 4) is 0 Å². The van der Waals surface area contributed by atoms with Crippen molar-refractivity contribution in [2.45, 2.75) is 108 Å². The van der Waals surface area contributed by atoms with E-state index in [1.807, 2.05) is 0 Å². The van der Waals surface area contributed by atoms with Gasteiger partial charge in [0.2, 0.25) is 5.91 Å². The van der Waals surface area contributed by atoms with Crippen LogP contribution in [0.1, 0.15) is 98.5 Å². The minimum Gasteiger partial charge on any atom is -0.381 e. The summed E-state index contributed by atoms with van der Waals surface area (Å²) in [5.74, 6) is 1.56. The molecule has 43 heavy (non-hydrogen) atoms. The Balaban J connectivity index is 1.83. The summed E-state index contributed by atoms with van der Waals surface area (Å²) < 4.78 is 34.3. The van der Waals surface area contributed by atoms with Gasteiger partial charge in [-0.3, -0.25) is 9.10 Å². The maximum Gasteiger partial charge on any atom is 0.267 e. The summed E-state index contributed by atoms with van der Waals surface area (Å²) in [5.41, 5.74) is 2.17. The van der Waals surface area contributed by atoms with E-state index in [0.717, 1.165) is 41.2 Å². The highest BCUT2D eigenvalue weighted by Gasteiger charge is 2.34. The normalized spacial score (nSPS) is 15.1. The zero-order valence-corrected chi connectivity index (χ0v) is 28.6. The van der Waals surface area contributed by atoms with Crippen molar-refractivity contribution < 1.29 is 17.9 Å². The van der Waals surface area contributed by atoms with Gasteiger partial charge >= 0.3 is 0 Å². The van der Waals surface area contributed by atoms with E-state index in [1.54, 1.807) is 36.0 Å². The molecule has 1 aliphatic rings. The highest BCUT2D eigenvalue weighted by molar-refractivity contribution is 7.99. The number of ether oxygens (including phenoxy) is 1. The third kappa shape index (κ3) is 10.1. The molecule has 0 saturated carbocycles. The number of fused-ring (bicyclic) bond motifs is 1. The fraction of sp³-hybridized carbons (Fsp3) is 0.588. The molecule has 0 fully saturated rings. The number of unbranched alkanes of at least 4 members (excludes halogenated alkanes) is 2. The van der Waals surface area contributed by atoms with Crippen LogP contribution in [0.2, 0.25) is 0 Å². The number of hydrogen-bond acceptors (Lipinski definition) is 6. The molecule has 1 aliphatic heterocycles. The maximum atomic E-state index is 13.7. The fourth-order valence-electron chi connectivity index (χ4n) is 4.92. The molecular formula is C34H51N3O4S2. The van der Waals surface area contributed by atoms with Gasteiger partial charge in [-0.25, -0.2) is 13.4 Å². The Bertz CT molecular complexity index is 1340. The van der Waals surface area contributed by atoms with Crippen LogP contribution in [-0.2, 0) is 25.0 Å². The molecule has 0 saturated heterocycles. The van der Waals surface area contributed by atoms with Gasteiger partial charge in [0.25, 0.3) is 10.0 Å². The van der Waals surface area contributed by atoms with Crippen molar-refractivity contribution in [2.24, 2.45) is 10.9 Å². The van der Waals surface area contributed by atoms with E-state index >= 15 is 0 Å². The number of amides is 1. The van der Waals surface area contributed by atoms with Gasteiger partial charge < -0.3 is 10.1 Å². The first-order valence-electron chi connectivity index (χ1n) is 15.8. The summed E-state index contributed by atoms with van der Waals surface area (Å²) in [4.78, 5) is 19.5. The van der Waals surface area contributed by atoms with Crippen molar-refractivity contribution in [3.63, 3.8) is 0 Å². The number of para-hydroxylation sites is 1. The number of nitrogens with zero attached hydrogens (tertiary/aromatic N) is 2. The molecular weight excluding hydrogens is 579 g/mol. The molecule has 1 heterocycles. The van der Waals surface area contributed by atoms with Gasteiger partial charge in [-0.05, 0) is 60.4 Å². The van der Waals surface area contributed by atoms with Crippen LogP contribution in [0.25, 0.3) is 0 Å². The van der Waals surface area contributed by atoms with Crippen molar-refractivity contribution >= 4 is 44.9 Å². The number of rotatable bonds is 17. The number of anilines is 1. The molecule has 0 spiro atoms. The smallest absolute Gasteiger partial charge is 0.267 e. The Morgan fingerprint density at radius 1 is 1.02 bits per heavy atom. The Hall–Kier alpha value is -2.36. The molecule has 2 aromatic carbocycles. The molecule has 3 rings (SSSR count). The van der Waals surface area contributed by atoms with E-state index in [1.165, 1.54) is 23.6 Å². The van der Waals surface area contributed by atoms with Crippen LogP contribution in [0.5, 0.6) is 0 Å². The first-order chi connectivity index (χ1) is 20.5. The number of benzene rings is 2. The highest BCUT2D eigenvalue weighted by Crippen LogP contribution is 2.36. The lowest BCUT2D eigenvalue weighted by molar-refractivity contribution is -0.115. The van der Waals surface area contributed by atoms with E-state index in [2.05, 4.69) is 70.1 Å². The minimum atomic E-state index is -3.85. The first-order valence-corrected chi connectivity index (χ1v) is 18.3. The molecule has 0 bridgehead atoms. The number of thioether (sulfide) groups is 1. The van der Waals surface area contributed by atoms with Crippen LogP contribution in [-0.4, -0.2) is 50.0 Å². The second-order valence-corrected chi connectivity index (χ2v) is 15.2. The summed E-state index contributed by atoms with van der Waals surface area (Å²) in [5, 5.41) is 3.13. The number of aliphatic imine (C=N–C) groups is 1. The van der Waals surface area contributed by atoms with E-state index < -0.39 is 10.0 Å². The lowest BCUT2D eigenvalue weighted by Crippen LogP contribution is -2.41. The Morgan fingerprint density at radius 2 is 1.74 bits per heavy atom. The largest absolute Gasteiger partial charge is 0.381 e. The predicted octanol–water partition coefficient (Wildman–Crippen LogP) is 8.56. The average Bonchev–Trinajstić information content (AvgIpc) is 2.96. The molecule has 0 aliphatic carbocycles. The molecule has 9 heteroatoms. The molecule has 2 aromatic rings. The fourth-order valence-corrected chi connectivity index (χ4v) is 7.78. The second-order valence-electron chi connectivity index (χ2n) is 12.3. The summed E-state index contributed by atoms with van der Waals surface area (Å²) in [6.07, 6.45) is 7.12. The van der Waals surface area contributed by atoms with Crippen LogP contribution in [0, 0.1) is 5.92 Å². The number of sulfonamides is 1. The van der Waals surface area contributed by atoms with E-state index in [4.69, 9.17) is 4.74 Å². The van der Waals surface area contributed by atoms with Crippen LogP contribution < -0.4 is 5.32 Å². The number of amidine groups is 1. The minimum absolute atomic E-state index is 0.0863. The third-order valence-corrected chi connectivity index (χ3v) is 10.9. The van der Waals surface area contributed by atoms with Gasteiger partial charge in [-0.1, -0.05) is 85.4 Å². The Labute approximate surface area is 264 Å². The van der Waals surface area contributed by atoms with E-state index in [9.17, 15) is 13.2 Å². The van der Waals surface area contributed by atoms with E-state index in [0.29, 0.717) is 31.2 Å². The predicted molar refractivity (Wildman–Crippen MR) is 180 cm³/mol. The molecule has 238 valence electrons. The van der Waals surface area contributed by atoms with Crippen molar-refractivity contribution in [1.82, 2.24) is 4.31 Å². The molecule has 1 unspecified atom stereocenters. The number of carbonyl (C=O) groups excluding carboxylic acids is 1. The molecule has 1 atom stereocenters. The first kappa shape index (κ1) is 35.1. The average molecular weight is 630 g/mol. The van der Waals surface area contributed by atoms with Gasteiger partial charge in [-0.15, -0.1) is 11.8 Å². The van der Waals surface area contributed by atoms with Crippen molar-refractivity contribution in [2.75, 3.05) is 30.8 Å². The van der Waals surface area contributed by atoms with Crippen LogP contribution in [0.15, 0.2) is 57.2 Å². The third-order valence-electron chi connectivity index (χ3n) is 7.72. The summed E-state index contributed by atoms with van der Waals surface area (Å²) in [6.45, 7) is 14.3. The highest BCUT2D eigenvalue weighted by atomic mass is 32.2.